The molecule has 0 fully saturated rings. The Balaban J connectivity index is 1.43. The lowest BCUT2D eigenvalue weighted by atomic mass is 10.1. The average Bonchev–Trinajstić information content (AvgIpc) is 2.71. The highest BCUT2D eigenvalue weighted by Gasteiger charge is 2.08. The molecule has 1 amide bonds. The summed E-state index contributed by atoms with van der Waals surface area (Å²) in [4.78, 5) is 20.5. The molecule has 5 nitrogen and oxygen atoms in total. The SMILES string of the molecule is O=C(NCCc1ccccc1F)c1cnc(NCCc2ccc(Cl)cc2)cn1. The highest BCUT2D eigenvalue weighted by molar-refractivity contribution is 6.30. The Morgan fingerprint density at radius 1 is 0.964 bits per heavy atom. The van der Waals surface area contributed by atoms with Crippen LogP contribution < -0.4 is 10.6 Å². The van der Waals surface area contributed by atoms with Crippen molar-refractivity contribution in [3.8, 4) is 0 Å². The van der Waals surface area contributed by atoms with Gasteiger partial charge in [0.15, 0.2) is 0 Å². The fourth-order valence-electron chi connectivity index (χ4n) is 2.62. The molecule has 0 aliphatic heterocycles. The molecular formula is C21H20ClFN4O. The molecule has 0 atom stereocenters. The zero-order valence-corrected chi connectivity index (χ0v) is 15.9. The van der Waals surface area contributed by atoms with Crippen LogP contribution in [0.2, 0.25) is 5.02 Å². The van der Waals surface area contributed by atoms with Gasteiger partial charge in [0.05, 0.1) is 12.4 Å². The maximum absolute atomic E-state index is 13.6. The summed E-state index contributed by atoms with van der Waals surface area (Å²) >= 11 is 5.87. The summed E-state index contributed by atoms with van der Waals surface area (Å²) in [7, 11) is 0. The molecule has 2 aromatic carbocycles. The smallest absolute Gasteiger partial charge is 0.271 e. The van der Waals surface area contributed by atoms with E-state index < -0.39 is 0 Å². The second-order valence-corrected chi connectivity index (χ2v) is 6.62. The molecule has 0 saturated carbocycles. The number of benzene rings is 2. The summed E-state index contributed by atoms with van der Waals surface area (Å²) in [5.74, 6) is -0.0148. The van der Waals surface area contributed by atoms with Gasteiger partial charge < -0.3 is 10.6 Å². The highest BCUT2D eigenvalue weighted by Crippen LogP contribution is 2.10. The lowest BCUT2D eigenvalue weighted by Gasteiger charge is -2.07. The number of hydrogen-bond acceptors (Lipinski definition) is 4. The topological polar surface area (TPSA) is 66.9 Å². The number of carbonyl (C=O) groups excluding carboxylic acids is 1. The molecule has 7 heteroatoms. The zero-order valence-electron chi connectivity index (χ0n) is 15.2. The van der Waals surface area contributed by atoms with E-state index in [1.54, 1.807) is 18.2 Å². The van der Waals surface area contributed by atoms with E-state index in [9.17, 15) is 9.18 Å². The quantitative estimate of drug-likeness (QED) is 0.604. The second-order valence-electron chi connectivity index (χ2n) is 6.19. The third-order valence-corrected chi connectivity index (χ3v) is 4.41. The lowest BCUT2D eigenvalue weighted by Crippen LogP contribution is -2.27. The van der Waals surface area contributed by atoms with Crippen LogP contribution in [-0.4, -0.2) is 29.0 Å². The molecule has 3 aromatic rings. The van der Waals surface area contributed by atoms with Gasteiger partial charge in [-0.2, -0.15) is 0 Å². The molecule has 0 unspecified atom stereocenters. The monoisotopic (exact) mass is 398 g/mol. The number of nitrogens with zero attached hydrogens (tertiary/aromatic N) is 2. The van der Waals surface area contributed by atoms with Crippen molar-refractivity contribution in [1.82, 2.24) is 15.3 Å². The highest BCUT2D eigenvalue weighted by atomic mass is 35.5. The number of carbonyl (C=O) groups is 1. The van der Waals surface area contributed by atoms with Crippen LogP contribution in [0.1, 0.15) is 21.6 Å². The van der Waals surface area contributed by atoms with Gasteiger partial charge in [-0.3, -0.25) is 4.79 Å². The van der Waals surface area contributed by atoms with Crippen molar-refractivity contribution in [3.05, 3.63) is 88.6 Å². The Labute approximate surface area is 168 Å². The lowest BCUT2D eigenvalue weighted by molar-refractivity contribution is 0.0948. The molecule has 0 spiro atoms. The van der Waals surface area contributed by atoms with Gasteiger partial charge in [-0.25, -0.2) is 14.4 Å². The number of anilines is 1. The molecule has 0 aliphatic rings. The van der Waals surface area contributed by atoms with Crippen molar-refractivity contribution in [3.63, 3.8) is 0 Å². The molecule has 0 saturated heterocycles. The van der Waals surface area contributed by atoms with Crippen LogP contribution in [0, 0.1) is 5.82 Å². The number of nitrogens with one attached hydrogen (secondary N) is 2. The third-order valence-electron chi connectivity index (χ3n) is 4.16. The van der Waals surface area contributed by atoms with E-state index in [0.29, 0.717) is 35.9 Å². The maximum atomic E-state index is 13.6. The van der Waals surface area contributed by atoms with Crippen molar-refractivity contribution >= 4 is 23.3 Å². The first kappa shape index (κ1) is 19.8. The first-order valence-corrected chi connectivity index (χ1v) is 9.31. The van der Waals surface area contributed by atoms with Crippen LogP contribution in [0.15, 0.2) is 60.9 Å². The normalized spacial score (nSPS) is 10.5. The maximum Gasteiger partial charge on any atom is 0.271 e. The first-order chi connectivity index (χ1) is 13.6. The number of halogens is 2. The summed E-state index contributed by atoms with van der Waals surface area (Å²) < 4.78 is 13.6. The third kappa shape index (κ3) is 5.76. The summed E-state index contributed by atoms with van der Waals surface area (Å²) in [6.45, 7) is 1.01. The van der Waals surface area contributed by atoms with Crippen LogP contribution in [-0.2, 0) is 12.8 Å². The van der Waals surface area contributed by atoms with E-state index in [-0.39, 0.29) is 17.4 Å². The largest absolute Gasteiger partial charge is 0.368 e. The molecule has 1 aromatic heterocycles. The Hall–Kier alpha value is -2.99. The minimum absolute atomic E-state index is 0.219. The van der Waals surface area contributed by atoms with Gasteiger partial charge in [-0.1, -0.05) is 41.9 Å². The Bertz CT molecular complexity index is 916. The van der Waals surface area contributed by atoms with Crippen LogP contribution in [0.3, 0.4) is 0 Å². The average molecular weight is 399 g/mol. The van der Waals surface area contributed by atoms with E-state index >= 15 is 0 Å². The van der Waals surface area contributed by atoms with Gasteiger partial charge in [-0.15, -0.1) is 0 Å². The van der Waals surface area contributed by atoms with E-state index in [4.69, 9.17) is 11.6 Å². The molecule has 3 rings (SSSR count). The zero-order chi connectivity index (χ0) is 19.8. The summed E-state index contributed by atoms with van der Waals surface area (Å²) in [6.07, 6.45) is 4.17. The summed E-state index contributed by atoms with van der Waals surface area (Å²) in [6, 6.07) is 14.2. The fraction of sp³-hybridized carbons (Fsp3) is 0.190. The molecule has 2 N–H and O–H groups in total. The summed E-state index contributed by atoms with van der Waals surface area (Å²) in [5, 5.41) is 6.60. The summed E-state index contributed by atoms with van der Waals surface area (Å²) in [5.41, 5.74) is 1.95. The van der Waals surface area contributed by atoms with Gasteiger partial charge in [-0.05, 0) is 42.2 Å². The fourth-order valence-corrected chi connectivity index (χ4v) is 2.75. The Morgan fingerprint density at radius 3 is 2.46 bits per heavy atom. The van der Waals surface area contributed by atoms with Crippen LogP contribution in [0.25, 0.3) is 0 Å². The van der Waals surface area contributed by atoms with Crippen molar-refractivity contribution < 1.29 is 9.18 Å². The van der Waals surface area contributed by atoms with Gasteiger partial charge in [0, 0.05) is 18.1 Å². The number of amides is 1. The van der Waals surface area contributed by atoms with E-state index in [2.05, 4.69) is 20.6 Å². The van der Waals surface area contributed by atoms with Gasteiger partial charge in [0.25, 0.3) is 5.91 Å². The van der Waals surface area contributed by atoms with E-state index in [0.717, 1.165) is 12.0 Å². The van der Waals surface area contributed by atoms with Crippen LogP contribution in [0.5, 0.6) is 0 Å². The second kappa shape index (κ2) is 9.80. The van der Waals surface area contributed by atoms with Crippen LogP contribution >= 0.6 is 11.6 Å². The minimum Gasteiger partial charge on any atom is -0.368 e. The molecule has 28 heavy (non-hydrogen) atoms. The molecule has 0 bridgehead atoms. The van der Waals surface area contributed by atoms with Gasteiger partial charge in [0.2, 0.25) is 0 Å². The molecule has 1 heterocycles. The van der Waals surface area contributed by atoms with Gasteiger partial charge in [0.1, 0.15) is 17.3 Å². The standard InChI is InChI=1S/C21H20ClFN4O/c22-17-7-5-15(6-8-17)9-11-24-20-14-26-19(13-27-20)21(28)25-12-10-16-3-1-2-4-18(16)23/h1-8,13-14H,9-12H2,(H,24,27)(H,25,28). The molecule has 0 aliphatic carbocycles. The number of rotatable bonds is 8. The van der Waals surface area contributed by atoms with Crippen LogP contribution in [0.4, 0.5) is 10.2 Å². The molecule has 144 valence electrons. The van der Waals surface area contributed by atoms with Crippen molar-refractivity contribution in [1.29, 1.82) is 0 Å². The van der Waals surface area contributed by atoms with E-state index in [1.807, 2.05) is 24.3 Å². The number of aromatic nitrogens is 2. The van der Waals surface area contributed by atoms with Crippen molar-refractivity contribution in [2.24, 2.45) is 0 Å². The minimum atomic E-state index is -0.337. The van der Waals surface area contributed by atoms with E-state index in [1.165, 1.54) is 18.5 Å². The Morgan fingerprint density at radius 2 is 1.75 bits per heavy atom. The van der Waals surface area contributed by atoms with Gasteiger partial charge >= 0.3 is 0 Å². The predicted octanol–water partition coefficient (Wildman–Crippen LogP) is 3.90. The van der Waals surface area contributed by atoms with Crippen molar-refractivity contribution in [2.75, 3.05) is 18.4 Å². The van der Waals surface area contributed by atoms with Crippen molar-refractivity contribution in [2.45, 2.75) is 12.8 Å². The first-order valence-electron chi connectivity index (χ1n) is 8.94. The molecule has 0 radical (unpaired) electrons. The number of hydrogen-bond donors (Lipinski definition) is 2. The molecular weight excluding hydrogens is 379 g/mol. The predicted molar refractivity (Wildman–Crippen MR) is 108 cm³/mol. The Kier molecular flexibility index (Phi) is 6.92.